The first kappa shape index (κ1) is 9.47. The van der Waals surface area contributed by atoms with E-state index in [0.717, 1.165) is 12.8 Å². The number of hydrogen-bond donors (Lipinski definition) is 1. The molecule has 0 aromatic carbocycles. The summed E-state index contributed by atoms with van der Waals surface area (Å²) in [5.41, 5.74) is 0. The summed E-state index contributed by atoms with van der Waals surface area (Å²) in [4.78, 5) is 10.4. The summed E-state index contributed by atoms with van der Waals surface area (Å²) >= 11 is 0. The Morgan fingerprint density at radius 3 is 2.30 bits per heavy atom. The largest absolute Gasteiger partial charge is 0.481 e. The van der Waals surface area contributed by atoms with Gasteiger partial charge in [0.25, 0.3) is 0 Å². The van der Waals surface area contributed by atoms with Gasteiger partial charge in [-0.15, -0.1) is 0 Å². The highest BCUT2D eigenvalue weighted by atomic mass is 16.4. The lowest BCUT2D eigenvalue weighted by Gasteiger charge is -2.10. The lowest BCUT2D eigenvalue weighted by molar-refractivity contribution is -0.141. The van der Waals surface area contributed by atoms with Crippen LogP contribution in [0.25, 0.3) is 0 Å². The summed E-state index contributed by atoms with van der Waals surface area (Å²) < 4.78 is 0. The Labute approximate surface area is 62.2 Å². The number of carboxylic acid groups (broad SMARTS) is 1. The SMILES string of the molecule is CCC(C)CC(C)C(=O)O. The van der Waals surface area contributed by atoms with Crippen LogP contribution in [0.5, 0.6) is 0 Å². The van der Waals surface area contributed by atoms with Gasteiger partial charge in [0.2, 0.25) is 0 Å². The van der Waals surface area contributed by atoms with Gasteiger partial charge in [-0.3, -0.25) is 4.79 Å². The van der Waals surface area contributed by atoms with E-state index in [1.54, 1.807) is 6.92 Å². The van der Waals surface area contributed by atoms with Crippen LogP contribution in [0.2, 0.25) is 0 Å². The smallest absolute Gasteiger partial charge is 0.306 e. The first-order valence-electron chi connectivity index (χ1n) is 3.80. The molecule has 1 N–H and O–H groups in total. The van der Waals surface area contributed by atoms with E-state index < -0.39 is 5.97 Å². The molecule has 0 bridgehead atoms. The van der Waals surface area contributed by atoms with Gasteiger partial charge < -0.3 is 5.11 Å². The third-order valence-electron chi connectivity index (χ3n) is 1.87. The van der Waals surface area contributed by atoms with Crippen molar-refractivity contribution in [1.29, 1.82) is 0 Å². The molecule has 2 heteroatoms. The Kier molecular flexibility index (Phi) is 4.08. The molecule has 0 saturated heterocycles. The molecule has 0 aromatic heterocycles. The Bertz CT molecular complexity index is 110. The molecule has 0 radical (unpaired) electrons. The summed E-state index contributed by atoms with van der Waals surface area (Å²) in [7, 11) is 0. The van der Waals surface area contributed by atoms with Crippen molar-refractivity contribution in [2.24, 2.45) is 11.8 Å². The van der Waals surface area contributed by atoms with Gasteiger partial charge in [0.05, 0.1) is 5.92 Å². The number of carboxylic acids is 1. The van der Waals surface area contributed by atoms with Gasteiger partial charge in [-0.1, -0.05) is 27.2 Å². The van der Waals surface area contributed by atoms with Crippen LogP contribution >= 0.6 is 0 Å². The van der Waals surface area contributed by atoms with Gasteiger partial charge in [0.1, 0.15) is 0 Å². The summed E-state index contributed by atoms with van der Waals surface area (Å²) in [6, 6.07) is 0. The van der Waals surface area contributed by atoms with Crippen molar-refractivity contribution in [3.63, 3.8) is 0 Å². The van der Waals surface area contributed by atoms with Gasteiger partial charge in [0.15, 0.2) is 0 Å². The van der Waals surface area contributed by atoms with Crippen LogP contribution in [-0.4, -0.2) is 11.1 Å². The lowest BCUT2D eigenvalue weighted by Crippen LogP contribution is -2.12. The predicted molar refractivity (Wildman–Crippen MR) is 40.9 cm³/mol. The molecule has 2 unspecified atom stereocenters. The minimum absolute atomic E-state index is 0.185. The van der Waals surface area contributed by atoms with Crippen molar-refractivity contribution in [2.75, 3.05) is 0 Å². The fourth-order valence-corrected chi connectivity index (χ4v) is 0.871. The first-order valence-corrected chi connectivity index (χ1v) is 3.80. The normalized spacial score (nSPS) is 16.3. The standard InChI is InChI=1S/C8H16O2/c1-4-6(2)5-7(3)8(9)10/h6-7H,4-5H2,1-3H3,(H,9,10). The number of carbonyl (C=O) groups is 1. The van der Waals surface area contributed by atoms with Crippen LogP contribution in [0.15, 0.2) is 0 Å². The van der Waals surface area contributed by atoms with Crippen LogP contribution in [-0.2, 0) is 4.79 Å². The molecule has 0 saturated carbocycles. The zero-order valence-corrected chi connectivity index (χ0v) is 6.92. The summed E-state index contributed by atoms with van der Waals surface area (Å²) in [5, 5.41) is 8.53. The van der Waals surface area contributed by atoms with Crippen molar-refractivity contribution in [1.82, 2.24) is 0 Å². The lowest BCUT2D eigenvalue weighted by atomic mass is 9.96. The van der Waals surface area contributed by atoms with Gasteiger partial charge in [-0.2, -0.15) is 0 Å². The monoisotopic (exact) mass is 144 g/mol. The third-order valence-corrected chi connectivity index (χ3v) is 1.87. The zero-order chi connectivity index (χ0) is 8.15. The van der Waals surface area contributed by atoms with Crippen LogP contribution in [0.4, 0.5) is 0 Å². The molecule has 0 rings (SSSR count). The van der Waals surface area contributed by atoms with E-state index in [4.69, 9.17) is 5.11 Å². The van der Waals surface area contributed by atoms with Crippen molar-refractivity contribution in [2.45, 2.75) is 33.6 Å². The summed E-state index contributed by atoms with van der Waals surface area (Å²) in [5.74, 6) is -0.332. The average Bonchev–Trinajstić information content (AvgIpc) is 1.87. The molecule has 0 aromatic rings. The van der Waals surface area contributed by atoms with Gasteiger partial charge in [-0.25, -0.2) is 0 Å². The van der Waals surface area contributed by atoms with Crippen LogP contribution in [0, 0.1) is 11.8 Å². The second kappa shape index (κ2) is 4.31. The van der Waals surface area contributed by atoms with E-state index in [0.29, 0.717) is 5.92 Å². The molecular formula is C8H16O2. The van der Waals surface area contributed by atoms with Gasteiger partial charge >= 0.3 is 5.97 Å². The molecule has 0 aliphatic carbocycles. The molecule has 10 heavy (non-hydrogen) atoms. The van der Waals surface area contributed by atoms with E-state index in [1.807, 2.05) is 0 Å². The van der Waals surface area contributed by atoms with Crippen LogP contribution in [0.1, 0.15) is 33.6 Å². The molecular weight excluding hydrogens is 128 g/mol. The Morgan fingerprint density at radius 1 is 1.50 bits per heavy atom. The average molecular weight is 144 g/mol. The van der Waals surface area contributed by atoms with Gasteiger partial charge in [0, 0.05) is 0 Å². The number of rotatable bonds is 4. The highest BCUT2D eigenvalue weighted by molar-refractivity contribution is 5.69. The Balaban J connectivity index is 3.56. The zero-order valence-electron chi connectivity index (χ0n) is 6.92. The quantitative estimate of drug-likeness (QED) is 0.656. The molecule has 0 amide bonds. The van der Waals surface area contributed by atoms with Crippen molar-refractivity contribution in [3.8, 4) is 0 Å². The molecule has 0 aliphatic heterocycles. The summed E-state index contributed by atoms with van der Waals surface area (Å²) in [6.07, 6.45) is 1.86. The maximum Gasteiger partial charge on any atom is 0.306 e. The fraction of sp³-hybridized carbons (Fsp3) is 0.875. The van der Waals surface area contributed by atoms with E-state index in [-0.39, 0.29) is 5.92 Å². The maximum absolute atomic E-state index is 10.4. The van der Waals surface area contributed by atoms with E-state index in [2.05, 4.69) is 13.8 Å². The first-order chi connectivity index (χ1) is 4.57. The minimum Gasteiger partial charge on any atom is -0.481 e. The second-order valence-electron chi connectivity index (χ2n) is 2.99. The van der Waals surface area contributed by atoms with E-state index in [1.165, 1.54) is 0 Å². The molecule has 2 nitrogen and oxygen atoms in total. The van der Waals surface area contributed by atoms with Crippen molar-refractivity contribution < 1.29 is 9.90 Å². The minimum atomic E-state index is -0.680. The highest BCUT2D eigenvalue weighted by Gasteiger charge is 2.13. The number of hydrogen-bond acceptors (Lipinski definition) is 1. The number of aliphatic carboxylic acids is 1. The second-order valence-corrected chi connectivity index (χ2v) is 2.99. The van der Waals surface area contributed by atoms with Crippen molar-refractivity contribution in [3.05, 3.63) is 0 Å². The Hall–Kier alpha value is -0.530. The Morgan fingerprint density at radius 2 is 2.00 bits per heavy atom. The molecule has 0 fully saturated rings. The predicted octanol–water partition coefficient (Wildman–Crippen LogP) is 2.14. The molecule has 2 atom stereocenters. The molecule has 0 heterocycles. The molecule has 0 spiro atoms. The summed E-state index contributed by atoms with van der Waals surface area (Å²) in [6.45, 7) is 5.92. The third kappa shape index (κ3) is 3.49. The van der Waals surface area contributed by atoms with E-state index in [9.17, 15) is 4.79 Å². The topological polar surface area (TPSA) is 37.3 Å². The van der Waals surface area contributed by atoms with E-state index >= 15 is 0 Å². The van der Waals surface area contributed by atoms with Crippen LogP contribution < -0.4 is 0 Å². The molecule has 60 valence electrons. The maximum atomic E-state index is 10.4. The highest BCUT2D eigenvalue weighted by Crippen LogP contribution is 2.14. The fourth-order valence-electron chi connectivity index (χ4n) is 0.871. The van der Waals surface area contributed by atoms with Crippen molar-refractivity contribution >= 4 is 5.97 Å². The van der Waals surface area contributed by atoms with Gasteiger partial charge in [-0.05, 0) is 12.3 Å². The van der Waals surface area contributed by atoms with Crippen LogP contribution in [0.3, 0.4) is 0 Å². The molecule has 0 aliphatic rings.